The van der Waals surface area contributed by atoms with Gasteiger partial charge in [0.15, 0.2) is 11.6 Å². The normalized spacial score (nSPS) is 16.6. The Morgan fingerprint density at radius 1 is 1.22 bits per heavy atom. The van der Waals surface area contributed by atoms with Crippen molar-refractivity contribution in [1.29, 1.82) is 5.41 Å². The largest absolute Gasteiger partial charge is 0.481 e. The number of thiophene rings is 1. The average Bonchev–Trinajstić information content (AvgIpc) is 3.28. The van der Waals surface area contributed by atoms with E-state index >= 15 is 0 Å². The number of ether oxygens (including phenoxy) is 1. The van der Waals surface area contributed by atoms with E-state index in [2.05, 4.69) is 5.32 Å². The number of amides is 1. The van der Waals surface area contributed by atoms with Gasteiger partial charge in [-0.1, -0.05) is 6.42 Å². The molecule has 0 saturated carbocycles. The zero-order valence-electron chi connectivity index (χ0n) is 19.0. The summed E-state index contributed by atoms with van der Waals surface area (Å²) in [5, 5.41) is 27.8. The quantitative estimate of drug-likeness (QED) is 0.135. The number of carboxylic acids is 2. The van der Waals surface area contributed by atoms with Crippen LogP contribution in [0.3, 0.4) is 0 Å². The number of esters is 1. The zero-order chi connectivity index (χ0) is 26.4. The molecule has 0 radical (unpaired) electrons. The molecule has 3 rings (SSSR count). The minimum absolute atomic E-state index is 0.156. The molecule has 1 amide bonds. The molecule has 192 valence electrons. The first-order valence-corrected chi connectivity index (χ1v) is 11.8. The van der Waals surface area contributed by atoms with Crippen molar-refractivity contribution >= 4 is 41.0 Å². The third-order valence-corrected chi connectivity index (χ3v) is 6.63. The number of nitrogens with zero attached hydrogens (tertiary/aromatic N) is 1. The molecule has 1 aliphatic rings. The summed E-state index contributed by atoms with van der Waals surface area (Å²) in [5.74, 6) is -5.56. The first-order valence-electron chi connectivity index (χ1n) is 11.0. The van der Waals surface area contributed by atoms with E-state index in [0.717, 1.165) is 35.1 Å². The van der Waals surface area contributed by atoms with Gasteiger partial charge in [-0.3, -0.25) is 19.9 Å². The molecule has 1 aromatic heterocycles. The molecule has 36 heavy (non-hydrogen) atoms. The molecule has 0 bridgehead atoms. The summed E-state index contributed by atoms with van der Waals surface area (Å²) < 4.78 is 19.3. The van der Waals surface area contributed by atoms with E-state index in [9.17, 15) is 28.7 Å². The van der Waals surface area contributed by atoms with Crippen molar-refractivity contribution in [3.05, 3.63) is 51.5 Å². The maximum absolute atomic E-state index is 14.2. The lowest BCUT2D eigenvalue weighted by Gasteiger charge is -2.34. The van der Waals surface area contributed by atoms with Gasteiger partial charge in [0, 0.05) is 17.0 Å². The van der Waals surface area contributed by atoms with E-state index in [1.54, 1.807) is 6.07 Å². The highest BCUT2D eigenvalue weighted by molar-refractivity contribution is 7.13. The summed E-state index contributed by atoms with van der Waals surface area (Å²) in [6, 6.07) is 4.59. The Morgan fingerprint density at radius 3 is 2.61 bits per heavy atom. The average molecular weight is 521 g/mol. The van der Waals surface area contributed by atoms with Gasteiger partial charge >= 0.3 is 17.9 Å². The Bertz CT molecular complexity index is 1180. The van der Waals surface area contributed by atoms with Gasteiger partial charge < -0.3 is 26.0 Å². The fourth-order valence-corrected chi connectivity index (χ4v) is 4.70. The number of carboxylic acid groups (broad SMARTS) is 2. The summed E-state index contributed by atoms with van der Waals surface area (Å²) in [6.07, 6.45) is 1.31. The monoisotopic (exact) mass is 520 g/mol. The summed E-state index contributed by atoms with van der Waals surface area (Å²) >= 11 is 1.11. The smallest absolute Gasteiger partial charge is 0.353 e. The van der Waals surface area contributed by atoms with E-state index in [-0.39, 0.29) is 22.0 Å². The number of benzene rings is 1. The second kappa shape index (κ2) is 11.7. The van der Waals surface area contributed by atoms with Crippen LogP contribution in [-0.2, 0) is 20.9 Å². The molecular weight excluding hydrogens is 495 g/mol. The van der Waals surface area contributed by atoms with E-state index in [1.165, 1.54) is 18.2 Å². The number of nitrogen functional groups attached to an aromatic ring is 1. The van der Waals surface area contributed by atoms with Crippen molar-refractivity contribution < 1.29 is 38.5 Å². The maximum atomic E-state index is 14.2. The Morgan fingerprint density at radius 2 is 1.97 bits per heavy atom. The SMILES string of the molecule is N=C(N)c1ccc(OC(=O)c2ccc(CN3CCCC[C@H]3C(=O)N[C@@H](CC(=O)O)C(=O)O)s2)c(F)c1. The number of nitrogens with one attached hydrogen (secondary N) is 2. The predicted octanol–water partition coefficient (Wildman–Crippen LogP) is 1.79. The van der Waals surface area contributed by atoms with Crippen LogP contribution in [0.2, 0.25) is 0 Å². The first kappa shape index (κ1) is 26.8. The van der Waals surface area contributed by atoms with Gasteiger partial charge in [0.1, 0.15) is 16.8 Å². The number of piperidine rings is 1. The fraction of sp³-hybridized carbons (Fsp3) is 0.348. The van der Waals surface area contributed by atoms with E-state index in [4.69, 9.17) is 21.0 Å². The van der Waals surface area contributed by atoms with Crippen LogP contribution in [0.5, 0.6) is 5.75 Å². The number of hydrogen-bond acceptors (Lipinski definition) is 8. The number of carbonyl (C=O) groups is 4. The number of amidine groups is 1. The Labute approximate surface area is 209 Å². The van der Waals surface area contributed by atoms with E-state index in [1.807, 2.05) is 4.90 Å². The Hall–Kier alpha value is -3.84. The molecular formula is C23H25FN4O7S. The highest BCUT2D eigenvalue weighted by Gasteiger charge is 2.32. The highest BCUT2D eigenvalue weighted by Crippen LogP contribution is 2.26. The number of carbonyl (C=O) groups excluding carboxylic acids is 2. The van der Waals surface area contributed by atoms with E-state index < -0.39 is 48.1 Å². The fourth-order valence-electron chi connectivity index (χ4n) is 3.79. The summed E-state index contributed by atoms with van der Waals surface area (Å²) in [5.41, 5.74) is 5.48. The van der Waals surface area contributed by atoms with Crippen molar-refractivity contribution in [2.24, 2.45) is 5.73 Å². The number of halogens is 1. The van der Waals surface area contributed by atoms with Crippen LogP contribution in [0.15, 0.2) is 30.3 Å². The van der Waals surface area contributed by atoms with Crippen molar-refractivity contribution in [3.63, 3.8) is 0 Å². The second-order valence-corrected chi connectivity index (χ2v) is 9.36. The third-order valence-electron chi connectivity index (χ3n) is 5.58. The minimum Gasteiger partial charge on any atom is -0.481 e. The maximum Gasteiger partial charge on any atom is 0.353 e. The molecule has 1 aromatic carbocycles. The van der Waals surface area contributed by atoms with Crippen LogP contribution in [0.1, 0.15) is 45.8 Å². The molecule has 0 unspecified atom stereocenters. The van der Waals surface area contributed by atoms with Gasteiger partial charge in [-0.25, -0.2) is 14.0 Å². The van der Waals surface area contributed by atoms with Gasteiger partial charge in [0.05, 0.1) is 12.5 Å². The number of likely N-dealkylation sites (tertiary alicyclic amines) is 1. The third kappa shape index (κ3) is 6.86. The second-order valence-electron chi connectivity index (χ2n) is 8.19. The molecule has 0 aliphatic carbocycles. The molecule has 0 spiro atoms. The lowest BCUT2D eigenvalue weighted by molar-refractivity contribution is -0.148. The van der Waals surface area contributed by atoms with Gasteiger partial charge in [-0.15, -0.1) is 11.3 Å². The molecule has 6 N–H and O–H groups in total. The van der Waals surface area contributed by atoms with Crippen LogP contribution in [0.4, 0.5) is 4.39 Å². The van der Waals surface area contributed by atoms with Gasteiger partial charge in [0.25, 0.3) is 0 Å². The van der Waals surface area contributed by atoms with Crippen LogP contribution in [-0.4, -0.2) is 63.4 Å². The standard InChI is InChI=1S/C23H25FN4O7S/c24-14-9-12(20(25)26)4-6-17(14)35-23(34)18-7-5-13(36-18)11-28-8-2-1-3-16(28)21(31)27-15(22(32)33)10-19(29)30/h4-7,9,15-16H,1-3,8,10-11H2,(H3,25,26)(H,27,31)(H,29,30)(H,32,33)/t15-,16-/m0/s1. The molecule has 2 aromatic rings. The minimum atomic E-state index is -1.54. The lowest BCUT2D eigenvalue weighted by atomic mass is 10.0. The Kier molecular flexibility index (Phi) is 8.72. The van der Waals surface area contributed by atoms with Crippen LogP contribution in [0, 0.1) is 11.2 Å². The molecule has 11 nitrogen and oxygen atoms in total. The Balaban J connectivity index is 1.66. The molecule has 1 saturated heterocycles. The summed E-state index contributed by atoms with van der Waals surface area (Å²) in [7, 11) is 0. The van der Waals surface area contributed by atoms with Gasteiger partial charge in [0.2, 0.25) is 5.91 Å². The lowest BCUT2D eigenvalue weighted by Crippen LogP contribution is -2.53. The van der Waals surface area contributed by atoms with Crippen molar-refractivity contribution in [3.8, 4) is 5.75 Å². The first-order chi connectivity index (χ1) is 17.0. The van der Waals surface area contributed by atoms with Crippen molar-refractivity contribution in [1.82, 2.24) is 10.2 Å². The number of nitrogens with two attached hydrogens (primary N) is 1. The topological polar surface area (TPSA) is 183 Å². The van der Waals surface area contributed by atoms with Gasteiger partial charge in [-0.05, 0) is 49.7 Å². The van der Waals surface area contributed by atoms with Crippen LogP contribution in [0.25, 0.3) is 0 Å². The van der Waals surface area contributed by atoms with Crippen molar-refractivity contribution in [2.45, 2.75) is 44.3 Å². The molecule has 1 aliphatic heterocycles. The highest BCUT2D eigenvalue weighted by atomic mass is 32.1. The summed E-state index contributed by atoms with van der Waals surface area (Å²) in [6.45, 7) is 0.856. The number of aliphatic carboxylic acids is 2. The van der Waals surface area contributed by atoms with Gasteiger partial charge in [-0.2, -0.15) is 0 Å². The molecule has 13 heteroatoms. The van der Waals surface area contributed by atoms with Crippen LogP contribution >= 0.6 is 11.3 Å². The number of hydrogen-bond donors (Lipinski definition) is 5. The van der Waals surface area contributed by atoms with Crippen molar-refractivity contribution in [2.75, 3.05) is 6.54 Å². The molecule has 2 atom stereocenters. The zero-order valence-corrected chi connectivity index (χ0v) is 19.8. The summed E-state index contributed by atoms with van der Waals surface area (Å²) in [4.78, 5) is 50.3. The predicted molar refractivity (Wildman–Crippen MR) is 127 cm³/mol. The van der Waals surface area contributed by atoms with Crippen LogP contribution < -0.4 is 15.8 Å². The molecule has 2 heterocycles. The number of rotatable bonds is 10. The molecule has 1 fully saturated rings. The van der Waals surface area contributed by atoms with E-state index in [0.29, 0.717) is 19.5 Å².